The van der Waals surface area contributed by atoms with Crippen LogP contribution in [-0.2, 0) is 31.0 Å². The van der Waals surface area contributed by atoms with Crippen molar-refractivity contribution in [3.63, 3.8) is 0 Å². The van der Waals surface area contributed by atoms with Gasteiger partial charge in [0.2, 0.25) is 11.6 Å². The van der Waals surface area contributed by atoms with Gasteiger partial charge < -0.3 is 49.6 Å². The number of fused-ring (bicyclic) bond motifs is 5. The fourth-order valence-electron chi connectivity index (χ4n) is 7.81. The number of carbonyl (C=O) groups excluding carboxylic acids is 5. The molecule has 0 aromatic heterocycles. The molecule has 0 unspecified atom stereocenters. The number of aryl methyl sites for hydroxylation is 1. The zero-order valence-electron chi connectivity index (χ0n) is 27.0. The molecular formula is C34H34O15. The van der Waals surface area contributed by atoms with E-state index in [0.29, 0.717) is 0 Å². The van der Waals surface area contributed by atoms with Crippen LogP contribution in [0.1, 0.15) is 81.8 Å². The number of rotatable bonds is 5. The molecule has 0 saturated carbocycles. The minimum atomic E-state index is -3.45. The van der Waals surface area contributed by atoms with Gasteiger partial charge in [-0.05, 0) is 37.1 Å². The molecule has 6 rings (SSSR count). The number of ether oxygens (including phenoxy) is 4. The summed E-state index contributed by atoms with van der Waals surface area (Å²) in [5.74, 6) is -8.13. The second-order valence-corrected chi connectivity index (χ2v) is 12.7. The number of benzene rings is 2. The number of aliphatic hydroxyl groups is 4. The second-order valence-electron chi connectivity index (χ2n) is 12.7. The molecule has 260 valence electrons. The summed E-state index contributed by atoms with van der Waals surface area (Å²) in [5, 5.41) is 68.5. The number of Topliss-reactive ketones (excluding diaryl/α,β-unsaturated/α-hetero) is 3. The average molecular weight is 683 g/mol. The van der Waals surface area contributed by atoms with E-state index < -0.39 is 128 Å². The molecule has 2 aromatic rings. The Hall–Kier alpha value is -4.35. The summed E-state index contributed by atoms with van der Waals surface area (Å²) < 4.78 is 21.4. The molecule has 15 nitrogen and oxygen atoms in total. The topological polar surface area (TPSA) is 244 Å². The van der Waals surface area contributed by atoms with Crippen LogP contribution in [0.5, 0.6) is 11.5 Å². The van der Waals surface area contributed by atoms with E-state index in [1.54, 1.807) is 6.92 Å². The maximum absolute atomic E-state index is 14.4. The van der Waals surface area contributed by atoms with Crippen molar-refractivity contribution in [1.29, 1.82) is 0 Å². The Morgan fingerprint density at radius 1 is 0.939 bits per heavy atom. The van der Waals surface area contributed by atoms with Crippen molar-refractivity contribution in [2.45, 2.75) is 74.5 Å². The lowest BCUT2D eigenvalue weighted by Crippen LogP contribution is -2.72. The third-order valence-electron chi connectivity index (χ3n) is 10.2. The van der Waals surface area contributed by atoms with Crippen LogP contribution in [0, 0.1) is 6.92 Å². The van der Waals surface area contributed by atoms with Gasteiger partial charge in [0.25, 0.3) is 0 Å². The molecule has 0 bridgehead atoms. The van der Waals surface area contributed by atoms with Crippen molar-refractivity contribution in [3.8, 4) is 11.5 Å². The first-order valence-corrected chi connectivity index (χ1v) is 15.3. The first-order valence-electron chi connectivity index (χ1n) is 15.3. The van der Waals surface area contributed by atoms with E-state index in [0.717, 1.165) is 19.3 Å². The number of allylic oxidation sites excluding steroid dienone is 1. The van der Waals surface area contributed by atoms with Crippen LogP contribution in [0.15, 0.2) is 23.8 Å². The monoisotopic (exact) mass is 682 g/mol. The molecular weight excluding hydrogens is 648 g/mol. The summed E-state index contributed by atoms with van der Waals surface area (Å²) in [5.41, 5.74) is -11.1. The number of carbonyl (C=O) groups is 5. The van der Waals surface area contributed by atoms with Crippen molar-refractivity contribution >= 4 is 29.1 Å². The van der Waals surface area contributed by atoms with Gasteiger partial charge in [-0.2, -0.15) is 0 Å². The van der Waals surface area contributed by atoms with E-state index >= 15 is 0 Å². The van der Waals surface area contributed by atoms with Crippen LogP contribution in [0.25, 0.3) is 0 Å². The SMILES string of the molecule is COC(=O)c1c(C)cc2c(c1O)[C@@]1(O)C(=O)c3cc4c(c(O)c3C(=O)[C@@]1(O)[C@@H](O)C2)C(=O)C=C(C[C@H]1O[C@@H](C)[C@H](OC)[C@@H](O)[C@H]1OC)C4=O. The maximum atomic E-state index is 14.4. The van der Waals surface area contributed by atoms with Gasteiger partial charge in [-0.15, -0.1) is 0 Å². The highest BCUT2D eigenvalue weighted by atomic mass is 16.6. The van der Waals surface area contributed by atoms with Crippen LogP contribution in [0.4, 0.5) is 0 Å². The smallest absolute Gasteiger partial charge is 0.341 e. The van der Waals surface area contributed by atoms with E-state index in [2.05, 4.69) is 0 Å². The zero-order chi connectivity index (χ0) is 36.1. The number of methoxy groups -OCH3 is 3. The molecule has 49 heavy (non-hydrogen) atoms. The summed E-state index contributed by atoms with van der Waals surface area (Å²) in [4.78, 5) is 68.4. The van der Waals surface area contributed by atoms with Crippen molar-refractivity contribution < 1.29 is 73.6 Å². The Labute approximate surface area is 278 Å². The van der Waals surface area contributed by atoms with Gasteiger partial charge >= 0.3 is 5.97 Å². The Kier molecular flexibility index (Phi) is 8.19. The third-order valence-corrected chi connectivity index (χ3v) is 10.2. The second kappa shape index (κ2) is 11.6. The molecule has 1 fully saturated rings. The van der Waals surface area contributed by atoms with Gasteiger partial charge in [0.15, 0.2) is 22.8 Å². The molecule has 15 heteroatoms. The highest BCUT2D eigenvalue weighted by molar-refractivity contribution is 6.31. The predicted octanol–water partition coefficient (Wildman–Crippen LogP) is -0.0186. The number of hydrogen-bond acceptors (Lipinski definition) is 15. The van der Waals surface area contributed by atoms with E-state index in [1.165, 1.54) is 27.2 Å². The lowest BCUT2D eigenvalue weighted by molar-refractivity contribution is -0.230. The highest BCUT2D eigenvalue weighted by Gasteiger charge is 2.71. The molecule has 8 atom stereocenters. The van der Waals surface area contributed by atoms with Gasteiger partial charge in [-0.25, -0.2) is 4.79 Å². The summed E-state index contributed by atoms with van der Waals surface area (Å²) in [6.07, 6.45) is -6.64. The van der Waals surface area contributed by atoms with Crippen molar-refractivity contribution in [1.82, 2.24) is 0 Å². The molecule has 1 saturated heterocycles. The number of aliphatic hydroxyl groups excluding tert-OH is 2. The number of ketones is 4. The fourth-order valence-corrected chi connectivity index (χ4v) is 7.81. The summed E-state index contributed by atoms with van der Waals surface area (Å²) >= 11 is 0. The Balaban J connectivity index is 1.49. The largest absolute Gasteiger partial charge is 0.507 e. The van der Waals surface area contributed by atoms with Gasteiger partial charge in [0.1, 0.15) is 35.4 Å². The van der Waals surface area contributed by atoms with Crippen LogP contribution < -0.4 is 0 Å². The first kappa shape index (κ1) is 34.5. The molecule has 4 aliphatic rings. The first-order chi connectivity index (χ1) is 23.0. The van der Waals surface area contributed by atoms with Crippen molar-refractivity contribution in [3.05, 3.63) is 68.3 Å². The molecule has 6 N–H and O–H groups in total. The zero-order valence-corrected chi connectivity index (χ0v) is 27.0. The van der Waals surface area contributed by atoms with E-state index in [1.807, 2.05) is 0 Å². The Morgan fingerprint density at radius 2 is 1.59 bits per heavy atom. The van der Waals surface area contributed by atoms with Crippen molar-refractivity contribution in [2.24, 2.45) is 0 Å². The minimum absolute atomic E-state index is 0.0853. The molecule has 2 aromatic carbocycles. The van der Waals surface area contributed by atoms with E-state index in [4.69, 9.17) is 18.9 Å². The highest BCUT2D eigenvalue weighted by Crippen LogP contribution is 2.55. The molecule has 3 aliphatic carbocycles. The number of phenolic OH excluding ortho intramolecular Hbond substituents is 2. The Bertz CT molecular complexity index is 1890. The van der Waals surface area contributed by atoms with Crippen molar-refractivity contribution in [2.75, 3.05) is 21.3 Å². The molecule has 1 aliphatic heterocycles. The van der Waals surface area contributed by atoms with Gasteiger partial charge in [-0.3, -0.25) is 19.2 Å². The van der Waals surface area contributed by atoms with Gasteiger partial charge in [0, 0.05) is 49.3 Å². The standard InChI is InChI=1S/C34H34O15/c1-11-6-13-9-19(36)33(44)31(42)22-16(30(41)34(33,45)23(13)26(39)20(11)32(43)48-5)10-15-21(25(22)38)17(35)7-14(24(15)37)8-18-29(47-4)27(40)28(46-3)12(2)49-18/h6-7,10,12,18-19,27-29,36,38-40,44-45H,8-9H2,1-5H3/t12-,18+,19-,27+,28-,29-,33-,34+/m0/s1. The van der Waals surface area contributed by atoms with Gasteiger partial charge in [-0.1, -0.05) is 6.07 Å². The summed E-state index contributed by atoms with van der Waals surface area (Å²) in [6, 6.07) is 2.09. The lowest BCUT2D eigenvalue weighted by atomic mass is 9.56. The van der Waals surface area contributed by atoms with Crippen LogP contribution in [0.3, 0.4) is 0 Å². The molecule has 0 radical (unpaired) electrons. The van der Waals surface area contributed by atoms with Crippen LogP contribution >= 0.6 is 0 Å². The third kappa shape index (κ3) is 4.44. The fraction of sp³-hybridized carbons (Fsp3) is 0.441. The van der Waals surface area contributed by atoms with E-state index in [9.17, 15) is 54.6 Å². The van der Waals surface area contributed by atoms with Gasteiger partial charge in [0.05, 0.1) is 36.5 Å². The molecule has 0 amide bonds. The number of esters is 1. The number of phenols is 2. The Morgan fingerprint density at radius 3 is 2.20 bits per heavy atom. The number of aromatic hydroxyl groups is 2. The lowest BCUT2D eigenvalue weighted by Gasteiger charge is -2.51. The average Bonchev–Trinajstić information content (AvgIpc) is 3.04. The molecule has 0 spiro atoms. The quantitative estimate of drug-likeness (QED) is 0.227. The van der Waals surface area contributed by atoms with Crippen LogP contribution in [0.2, 0.25) is 0 Å². The summed E-state index contributed by atoms with van der Waals surface area (Å²) in [6.45, 7) is 3.05. The normalized spacial score (nSPS) is 32.1. The number of hydrogen-bond donors (Lipinski definition) is 6. The summed E-state index contributed by atoms with van der Waals surface area (Å²) in [7, 11) is 3.72. The minimum Gasteiger partial charge on any atom is -0.507 e. The van der Waals surface area contributed by atoms with Crippen LogP contribution in [-0.4, -0.2) is 123 Å². The predicted molar refractivity (Wildman–Crippen MR) is 163 cm³/mol. The maximum Gasteiger partial charge on any atom is 0.341 e. The van der Waals surface area contributed by atoms with E-state index in [-0.39, 0.29) is 23.1 Å². The molecule has 1 heterocycles.